The van der Waals surface area contributed by atoms with Gasteiger partial charge in [0.15, 0.2) is 5.75 Å². The number of nitro groups is 1. The molecule has 0 spiro atoms. The lowest BCUT2D eigenvalue weighted by Crippen LogP contribution is -2.44. The van der Waals surface area contributed by atoms with Crippen LogP contribution in [0.4, 0.5) is 5.69 Å². The molecule has 2 fully saturated rings. The first-order valence-corrected chi connectivity index (χ1v) is 10.2. The molecule has 27 heavy (non-hydrogen) atoms. The van der Waals surface area contributed by atoms with E-state index in [1.165, 1.54) is 31.3 Å². The molecule has 5 heteroatoms. The maximum Gasteiger partial charge on any atom is 0.311 e. The van der Waals surface area contributed by atoms with Crippen LogP contribution < -0.4 is 4.74 Å². The van der Waals surface area contributed by atoms with Crippen LogP contribution in [0.1, 0.15) is 57.1 Å². The molecular weight excluding hydrogens is 340 g/mol. The van der Waals surface area contributed by atoms with Crippen LogP contribution in [0.3, 0.4) is 0 Å². The highest BCUT2D eigenvalue weighted by Gasteiger charge is 2.43. The van der Waals surface area contributed by atoms with Gasteiger partial charge in [0.05, 0.1) is 11.0 Å². The van der Waals surface area contributed by atoms with Crippen molar-refractivity contribution in [3.05, 3.63) is 39.4 Å². The third kappa shape index (κ3) is 3.75. The van der Waals surface area contributed by atoms with Gasteiger partial charge in [0.25, 0.3) is 0 Å². The largest absolute Gasteiger partial charge is 0.484 e. The Morgan fingerprint density at radius 3 is 2.41 bits per heavy atom. The zero-order chi connectivity index (χ0) is 19.3. The summed E-state index contributed by atoms with van der Waals surface area (Å²) in [5.41, 5.74) is 3.51. The van der Waals surface area contributed by atoms with E-state index >= 15 is 0 Å². The summed E-state index contributed by atoms with van der Waals surface area (Å²) in [5, 5.41) is 11.5. The Labute approximate surface area is 161 Å². The van der Waals surface area contributed by atoms with Crippen molar-refractivity contribution in [1.82, 2.24) is 4.90 Å². The molecule has 0 N–H and O–H groups in total. The van der Waals surface area contributed by atoms with Gasteiger partial charge in [0.1, 0.15) is 0 Å². The second-order valence-corrected chi connectivity index (χ2v) is 8.85. The summed E-state index contributed by atoms with van der Waals surface area (Å²) < 4.78 is 5.81. The SMILES string of the molecule is Cc1cc([N+](=O)[O-])c(OC(C)C)cc1C1=C[C@H](C2CC2)N(C)[C@H](C2CC2)C1. The molecule has 1 aromatic carbocycles. The topological polar surface area (TPSA) is 55.6 Å². The second kappa shape index (κ2) is 6.93. The first-order chi connectivity index (χ1) is 12.8. The lowest BCUT2D eigenvalue weighted by Gasteiger charge is -2.39. The van der Waals surface area contributed by atoms with Crippen LogP contribution in [-0.2, 0) is 0 Å². The summed E-state index contributed by atoms with van der Waals surface area (Å²) in [6, 6.07) is 4.70. The zero-order valence-corrected chi connectivity index (χ0v) is 16.8. The minimum absolute atomic E-state index is 0.0657. The maximum atomic E-state index is 11.5. The first kappa shape index (κ1) is 18.5. The van der Waals surface area contributed by atoms with E-state index in [2.05, 4.69) is 18.0 Å². The normalized spacial score (nSPS) is 26.2. The summed E-state index contributed by atoms with van der Waals surface area (Å²) >= 11 is 0. The van der Waals surface area contributed by atoms with Crippen molar-refractivity contribution in [3.8, 4) is 5.75 Å². The number of nitro benzene ring substituents is 1. The van der Waals surface area contributed by atoms with Gasteiger partial charge >= 0.3 is 5.69 Å². The highest BCUT2D eigenvalue weighted by Crippen LogP contribution is 2.48. The molecule has 2 saturated carbocycles. The summed E-state index contributed by atoms with van der Waals surface area (Å²) in [5.74, 6) is 1.97. The van der Waals surface area contributed by atoms with E-state index in [1.54, 1.807) is 6.07 Å². The highest BCUT2D eigenvalue weighted by molar-refractivity contribution is 5.73. The molecule has 0 aromatic heterocycles. The fourth-order valence-electron chi connectivity index (χ4n) is 4.58. The third-order valence-corrected chi connectivity index (χ3v) is 6.28. The predicted octanol–water partition coefficient (Wildman–Crippen LogP) is 4.97. The minimum Gasteiger partial charge on any atom is -0.484 e. The maximum absolute atomic E-state index is 11.5. The van der Waals surface area contributed by atoms with E-state index in [9.17, 15) is 10.1 Å². The number of likely N-dealkylation sites (N-methyl/N-ethyl adjacent to an activating group) is 1. The van der Waals surface area contributed by atoms with Crippen LogP contribution in [0, 0.1) is 28.9 Å². The van der Waals surface area contributed by atoms with Crippen molar-refractivity contribution >= 4 is 11.3 Å². The van der Waals surface area contributed by atoms with Gasteiger partial charge in [-0.15, -0.1) is 0 Å². The van der Waals surface area contributed by atoms with Gasteiger partial charge in [-0.3, -0.25) is 15.0 Å². The molecule has 2 atom stereocenters. The molecule has 0 unspecified atom stereocenters. The molecule has 1 heterocycles. The number of rotatable bonds is 6. The molecule has 0 amide bonds. The summed E-state index contributed by atoms with van der Waals surface area (Å²) in [6.07, 6.45) is 8.67. The fourth-order valence-corrected chi connectivity index (χ4v) is 4.58. The average molecular weight is 370 g/mol. The number of hydrogen-bond donors (Lipinski definition) is 0. The van der Waals surface area contributed by atoms with Crippen molar-refractivity contribution in [3.63, 3.8) is 0 Å². The molecule has 0 radical (unpaired) electrons. The number of aryl methyl sites for hydroxylation is 1. The van der Waals surface area contributed by atoms with E-state index in [-0.39, 0.29) is 16.7 Å². The van der Waals surface area contributed by atoms with Gasteiger partial charge in [0.2, 0.25) is 0 Å². The van der Waals surface area contributed by atoms with E-state index in [0.29, 0.717) is 17.8 Å². The van der Waals surface area contributed by atoms with Crippen molar-refractivity contribution < 1.29 is 9.66 Å². The van der Waals surface area contributed by atoms with Crippen LogP contribution >= 0.6 is 0 Å². The fraction of sp³-hybridized carbons (Fsp3) is 0.636. The van der Waals surface area contributed by atoms with E-state index < -0.39 is 0 Å². The summed E-state index contributed by atoms with van der Waals surface area (Å²) in [4.78, 5) is 13.8. The molecular formula is C22H30N2O3. The molecule has 2 aliphatic carbocycles. The first-order valence-electron chi connectivity index (χ1n) is 10.2. The van der Waals surface area contributed by atoms with Gasteiger partial charge < -0.3 is 4.74 Å². The third-order valence-electron chi connectivity index (χ3n) is 6.28. The van der Waals surface area contributed by atoms with E-state index in [0.717, 1.165) is 29.4 Å². The smallest absolute Gasteiger partial charge is 0.311 e. The standard InChI is InChI=1S/C22H30N2O3/c1-13(2)27-22-12-18(14(3)9-21(22)24(25)26)17-10-19(15-5-6-15)23(4)20(11-17)16-7-8-16/h9-10,12-13,15-16,19-20H,5-8,11H2,1-4H3/t19-,20+/m1/s1. The van der Waals surface area contributed by atoms with Crippen molar-refractivity contribution in [2.45, 2.75) is 71.1 Å². The molecule has 3 aliphatic rings. The van der Waals surface area contributed by atoms with Crippen molar-refractivity contribution in [2.75, 3.05) is 7.05 Å². The van der Waals surface area contributed by atoms with Crippen LogP contribution in [0.5, 0.6) is 5.75 Å². The van der Waals surface area contributed by atoms with Gasteiger partial charge in [-0.1, -0.05) is 6.08 Å². The Kier molecular flexibility index (Phi) is 4.75. The predicted molar refractivity (Wildman–Crippen MR) is 107 cm³/mol. The number of hydrogen-bond acceptors (Lipinski definition) is 4. The van der Waals surface area contributed by atoms with Gasteiger partial charge in [-0.2, -0.15) is 0 Å². The Balaban J connectivity index is 1.74. The summed E-state index contributed by atoms with van der Waals surface area (Å²) in [6.45, 7) is 5.80. The number of nitrogens with zero attached hydrogens (tertiary/aromatic N) is 2. The second-order valence-electron chi connectivity index (χ2n) is 8.85. The lowest BCUT2D eigenvalue weighted by atomic mass is 9.85. The van der Waals surface area contributed by atoms with Crippen LogP contribution in [-0.4, -0.2) is 35.1 Å². The molecule has 0 saturated heterocycles. The molecule has 1 aromatic rings. The Morgan fingerprint density at radius 1 is 1.19 bits per heavy atom. The Hall–Kier alpha value is -1.88. The Bertz CT molecular complexity index is 778. The van der Waals surface area contributed by atoms with Crippen LogP contribution in [0.2, 0.25) is 0 Å². The highest BCUT2D eigenvalue weighted by atomic mass is 16.6. The van der Waals surface area contributed by atoms with Crippen LogP contribution in [0.15, 0.2) is 18.2 Å². The van der Waals surface area contributed by atoms with E-state index in [1.807, 2.05) is 26.8 Å². The monoisotopic (exact) mass is 370 g/mol. The lowest BCUT2D eigenvalue weighted by molar-refractivity contribution is -0.386. The molecule has 1 aliphatic heterocycles. The summed E-state index contributed by atoms with van der Waals surface area (Å²) in [7, 11) is 2.29. The number of ether oxygens (including phenoxy) is 1. The van der Waals surface area contributed by atoms with Crippen molar-refractivity contribution in [2.24, 2.45) is 11.8 Å². The molecule has 4 rings (SSSR count). The van der Waals surface area contributed by atoms with E-state index in [4.69, 9.17) is 4.74 Å². The number of benzene rings is 1. The molecule has 0 bridgehead atoms. The van der Waals surface area contributed by atoms with Crippen molar-refractivity contribution in [1.29, 1.82) is 0 Å². The van der Waals surface area contributed by atoms with Gasteiger partial charge in [-0.05, 0) is 94.5 Å². The van der Waals surface area contributed by atoms with Crippen LogP contribution in [0.25, 0.3) is 5.57 Å². The minimum atomic E-state index is -0.336. The molecule has 146 valence electrons. The molecule has 5 nitrogen and oxygen atoms in total. The van der Waals surface area contributed by atoms with Gasteiger partial charge in [0, 0.05) is 18.2 Å². The average Bonchev–Trinajstić information content (AvgIpc) is 3.48. The quantitative estimate of drug-likeness (QED) is 0.524. The van der Waals surface area contributed by atoms with Gasteiger partial charge in [-0.25, -0.2) is 0 Å². The Morgan fingerprint density at radius 2 is 1.85 bits per heavy atom. The zero-order valence-electron chi connectivity index (χ0n) is 16.8.